The number of hydrogen-bond donors (Lipinski definition) is 2. The summed E-state index contributed by atoms with van der Waals surface area (Å²) in [6.07, 6.45) is 4.62. The van der Waals surface area contributed by atoms with Crippen LogP contribution in [0.25, 0.3) is 0 Å². The first kappa shape index (κ1) is 16.2. The number of amides is 1. The number of carbonyl (C=O) groups is 1. The van der Waals surface area contributed by atoms with Crippen LogP contribution in [0.1, 0.15) is 37.7 Å². The molecule has 1 heterocycles. The Bertz CT molecular complexity index is 534. The van der Waals surface area contributed by atoms with Crippen LogP contribution in [0.5, 0.6) is 0 Å². The van der Waals surface area contributed by atoms with Crippen LogP contribution in [0.4, 0.5) is 0 Å². The highest BCUT2D eigenvalue weighted by molar-refractivity contribution is 7.99. The van der Waals surface area contributed by atoms with Crippen LogP contribution < -0.4 is 5.32 Å². The van der Waals surface area contributed by atoms with Gasteiger partial charge in [0.2, 0.25) is 5.91 Å². The Balaban J connectivity index is 1.75. The summed E-state index contributed by atoms with van der Waals surface area (Å²) in [6.45, 7) is 0.355. The maximum absolute atomic E-state index is 12.9. The lowest BCUT2D eigenvalue weighted by molar-refractivity contribution is -0.127. The molecule has 0 bridgehead atoms. The molecule has 2 N–H and O–H groups in total. The number of thioether (sulfide) groups is 1. The van der Waals surface area contributed by atoms with E-state index in [9.17, 15) is 9.90 Å². The average molecular weight is 340 g/mol. The zero-order valence-corrected chi connectivity index (χ0v) is 14.2. The largest absolute Gasteiger partial charge is 0.387 e. The Morgan fingerprint density at radius 1 is 1.23 bits per heavy atom. The summed E-state index contributed by atoms with van der Waals surface area (Å²) >= 11 is 7.72. The molecule has 3 rings (SSSR count). The number of rotatable bonds is 4. The molecule has 1 atom stereocenters. The number of hydrogen-bond acceptors (Lipinski definition) is 3. The molecule has 2 fully saturated rings. The third kappa shape index (κ3) is 3.15. The van der Waals surface area contributed by atoms with Gasteiger partial charge in [0, 0.05) is 17.3 Å². The van der Waals surface area contributed by atoms with Gasteiger partial charge >= 0.3 is 0 Å². The second kappa shape index (κ2) is 6.42. The van der Waals surface area contributed by atoms with Crippen LogP contribution in [0.15, 0.2) is 24.3 Å². The van der Waals surface area contributed by atoms with Crippen molar-refractivity contribution in [2.45, 2.75) is 43.1 Å². The topological polar surface area (TPSA) is 49.3 Å². The predicted molar refractivity (Wildman–Crippen MR) is 91.5 cm³/mol. The van der Waals surface area contributed by atoms with Gasteiger partial charge in [-0.25, -0.2) is 0 Å². The van der Waals surface area contributed by atoms with Gasteiger partial charge in [-0.2, -0.15) is 11.8 Å². The van der Waals surface area contributed by atoms with Crippen LogP contribution >= 0.6 is 23.4 Å². The Morgan fingerprint density at radius 2 is 1.91 bits per heavy atom. The lowest BCUT2D eigenvalue weighted by Crippen LogP contribution is -2.49. The molecule has 2 aliphatic rings. The molecule has 0 spiro atoms. The molecule has 1 aliphatic heterocycles. The highest BCUT2D eigenvalue weighted by Crippen LogP contribution is 2.42. The van der Waals surface area contributed by atoms with Crippen LogP contribution in [0.2, 0.25) is 5.02 Å². The second-order valence-corrected chi connectivity index (χ2v) is 8.05. The minimum atomic E-state index is -0.736. The predicted octanol–water partition coefficient (Wildman–Crippen LogP) is 3.14. The van der Waals surface area contributed by atoms with Gasteiger partial charge in [-0.05, 0) is 42.7 Å². The van der Waals surface area contributed by atoms with E-state index in [0.717, 1.165) is 43.4 Å². The van der Waals surface area contributed by atoms with Gasteiger partial charge in [-0.3, -0.25) is 4.79 Å². The fraction of sp³-hybridized carbons (Fsp3) is 0.588. The SMILES string of the molecule is O=C(NCC1(O)CCSC1)C1(c2ccc(Cl)cc2)CCCC1. The summed E-state index contributed by atoms with van der Waals surface area (Å²) in [6, 6.07) is 7.64. The first-order valence-corrected chi connectivity index (χ1v) is 9.42. The molecule has 1 amide bonds. The van der Waals surface area contributed by atoms with Crippen LogP contribution in [0, 0.1) is 0 Å². The molecular weight excluding hydrogens is 318 g/mol. The lowest BCUT2D eigenvalue weighted by Gasteiger charge is -2.30. The van der Waals surface area contributed by atoms with E-state index in [1.165, 1.54) is 0 Å². The van der Waals surface area contributed by atoms with Gasteiger partial charge in [0.05, 0.1) is 11.0 Å². The zero-order valence-electron chi connectivity index (χ0n) is 12.6. The van der Waals surface area contributed by atoms with E-state index in [4.69, 9.17) is 11.6 Å². The normalized spacial score (nSPS) is 27.0. The molecule has 22 heavy (non-hydrogen) atoms. The molecular formula is C17H22ClNO2S. The molecule has 0 radical (unpaired) electrons. The van der Waals surface area contributed by atoms with E-state index >= 15 is 0 Å². The molecule has 1 saturated heterocycles. The Labute approximate surface area is 140 Å². The van der Waals surface area contributed by atoms with Gasteiger partial charge < -0.3 is 10.4 Å². The van der Waals surface area contributed by atoms with Gasteiger partial charge in [0.15, 0.2) is 0 Å². The van der Waals surface area contributed by atoms with E-state index in [1.54, 1.807) is 11.8 Å². The quantitative estimate of drug-likeness (QED) is 0.886. The van der Waals surface area contributed by atoms with Crippen LogP contribution in [-0.2, 0) is 10.2 Å². The van der Waals surface area contributed by atoms with E-state index in [2.05, 4.69) is 5.32 Å². The monoisotopic (exact) mass is 339 g/mol. The smallest absolute Gasteiger partial charge is 0.230 e. The number of nitrogens with one attached hydrogen (secondary N) is 1. The van der Waals surface area contributed by atoms with Crippen molar-refractivity contribution in [1.82, 2.24) is 5.32 Å². The molecule has 5 heteroatoms. The summed E-state index contributed by atoms with van der Waals surface area (Å²) in [4.78, 5) is 12.9. The summed E-state index contributed by atoms with van der Waals surface area (Å²) in [5, 5.41) is 14.1. The van der Waals surface area contributed by atoms with E-state index in [-0.39, 0.29) is 5.91 Å². The number of carbonyl (C=O) groups excluding carboxylic acids is 1. The van der Waals surface area contributed by atoms with Crippen molar-refractivity contribution in [3.8, 4) is 0 Å². The zero-order chi connectivity index (χ0) is 15.6. The van der Waals surface area contributed by atoms with Crippen LogP contribution in [-0.4, -0.2) is 34.7 Å². The molecule has 1 aliphatic carbocycles. The molecule has 1 unspecified atom stereocenters. The van der Waals surface area contributed by atoms with Crippen molar-refractivity contribution in [3.05, 3.63) is 34.9 Å². The van der Waals surface area contributed by atoms with E-state index < -0.39 is 11.0 Å². The fourth-order valence-corrected chi connectivity index (χ4v) is 4.97. The second-order valence-electron chi connectivity index (χ2n) is 6.51. The summed E-state index contributed by atoms with van der Waals surface area (Å²) in [5.74, 6) is 1.73. The van der Waals surface area contributed by atoms with Gasteiger partial charge in [-0.1, -0.05) is 36.6 Å². The third-order valence-corrected chi connectivity index (χ3v) is 6.44. The minimum absolute atomic E-state index is 0.0534. The Hall–Kier alpha value is -0.710. The van der Waals surface area contributed by atoms with E-state index in [0.29, 0.717) is 17.3 Å². The molecule has 1 aromatic rings. The maximum Gasteiger partial charge on any atom is 0.230 e. The number of aliphatic hydroxyl groups is 1. The molecule has 1 saturated carbocycles. The molecule has 120 valence electrons. The van der Waals surface area contributed by atoms with Crippen molar-refractivity contribution < 1.29 is 9.90 Å². The van der Waals surface area contributed by atoms with E-state index in [1.807, 2.05) is 24.3 Å². The first-order chi connectivity index (χ1) is 10.5. The summed E-state index contributed by atoms with van der Waals surface area (Å²) in [5.41, 5.74) is -0.146. The fourth-order valence-electron chi connectivity index (χ4n) is 3.54. The molecule has 3 nitrogen and oxygen atoms in total. The lowest BCUT2D eigenvalue weighted by atomic mass is 9.78. The standard InChI is InChI=1S/C17H22ClNO2S/c18-14-5-3-13(4-6-14)17(7-1-2-8-17)15(20)19-11-16(21)9-10-22-12-16/h3-6,21H,1-2,7-12H2,(H,19,20). The first-order valence-electron chi connectivity index (χ1n) is 7.89. The average Bonchev–Trinajstić information content (AvgIpc) is 3.16. The van der Waals surface area contributed by atoms with Crippen molar-refractivity contribution in [2.75, 3.05) is 18.1 Å². The molecule has 1 aromatic carbocycles. The minimum Gasteiger partial charge on any atom is -0.387 e. The highest BCUT2D eigenvalue weighted by atomic mass is 35.5. The van der Waals surface area contributed by atoms with Gasteiger partial charge in [0.25, 0.3) is 0 Å². The Morgan fingerprint density at radius 3 is 2.50 bits per heavy atom. The molecule has 0 aromatic heterocycles. The van der Waals surface area contributed by atoms with Gasteiger partial charge in [-0.15, -0.1) is 0 Å². The van der Waals surface area contributed by atoms with Crippen LogP contribution in [0.3, 0.4) is 0 Å². The number of halogens is 1. The summed E-state index contributed by atoms with van der Waals surface area (Å²) < 4.78 is 0. The van der Waals surface area contributed by atoms with Gasteiger partial charge in [0.1, 0.15) is 0 Å². The maximum atomic E-state index is 12.9. The van der Waals surface area contributed by atoms with Crippen molar-refractivity contribution in [2.24, 2.45) is 0 Å². The number of benzene rings is 1. The highest BCUT2D eigenvalue weighted by Gasteiger charge is 2.43. The third-order valence-electron chi connectivity index (χ3n) is 4.95. The van der Waals surface area contributed by atoms with Crippen molar-refractivity contribution in [1.29, 1.82) is 0 Å². The van der Waals surface area contributed by atoms with Crippen molar-refractivity contribution >= 4 is 29.3 Å². The Kier molecular flexibility index (Phi) is 4.72. The summed E-state index contributed by atoms with van der Waals surface area (Å²) in [7, 11) is 0. The van der Waals surface area contributed by atoms with Crippen molar-refractivity contribution in [3.63, 3.8) is 0 Å².